The molecule has 0 aliphatic rings. The normalized spacial score (nSPS) is 11.1. The average molecular weight is 531 g/mol. The molecule has 2 amide bonds. The third kappa shape index (κ3) is 6.10. The van der Waals surface area contributed by atoms with Crippen molar-refractivity contribution in [3.05, 3.63) is 81.8 Å². The van der Waals surface area contributed by atoms with Gasteiger partial charge in [0.25, 0.3) is 5.91 Å². The summed E-state index contributed by atoms with van der Waals surface area (Å²) in [6.07, 6.45) is 0. The standard InChI is InChI=1S/C25H21Cl2N3O2S2/c1-14(2)15-3-6-17(7-4-15)28-23(31)13-33-25-30-21-10-8-18(12-22(21)34-25)29-24(32)19-9-5-16(26)11-20(19)27/h3-12,14H,13H2,1-2H3,(H,28,31)(H,29,32). The van der Waals surface area contributed by atoms with Gasteiger partial charge in [0.05, 0.1) is 26.6 Å². The van der Waals surface area contributed by atoms with Gasteiger partial charge in [-0.2, -0.15) is 0 Å². The van der Waals surface area contributed by atoms with Gasteiger partial charge in [0, 0.05) is 16.4 Å². The van der Waals surface area contributed by atoms with E-state index < -0.39 is 0 Å². The van der Waals surface area contributed by atoms with Crippen LogP contribution in [0.5, 0.6) is 0 Å². The number of carbonyl (C=O) groups excluding carboxylic acids is 2. The van der Waals surface area contributed by atoms with Crippen LogP contribution in [0.15, 0.2) is 65.0 Å². The molecule has 174 valence electrons. The van der Waals surface area contributed by atoms with Crippen LogP contribution < -0.4 is 10.6 Å². The first-order chi connectivity index (χ1) is 16.3. The quantitative estimate of drug-likeness (QED) is 0.240. The highest BCUT2D eigenvalue weighted by atomic mass is 35.5. The van der Waals surface area contributed by atoms with Gasteiger partial charge in [-0.3, -0.25) is 9.59 Å². The second kappa shape index (κ2) is 10.8. The third-order valence-corrected chi connectivity index (χ3v) is 7.70. The summed E-state index contributed by atoms with van der Waals surface area (Å²) in [6, 6.07) is 18.1. The SMILES string of the molecule is CC(C)c1ccc(NC(=O)CSc2nc3ccc(NC(=O)c4ccc(Cl)cc4Cl)cc3s2)cc1. The van der Waals surface area contributed by atoms with Crippen LogP contribution >= 0.6 is 46.3 Å². The van der Waals surface area contributed by atoms with E-state index in [4.69, 9.17) is 23.2 Å². The van der Waals surface area contributed by atoms with E-state index in [1.165, 1.54) is 34.7 Å². The highest BCUT2D eigenvalue weighted by Crippen LogP contribution is 2.32. The first-order valence-electron chi connectivity index (χ1n) is 10.5. The zero-order valence-corrected chi connectivity index (χ0v) is 21.5. The minimum Gasteiger partial charge on any atom is -0.325 e. The lowest BCUT2D eigenvalue weighted by atomic mass is 10.0. The number of amides is 2. The van der Waals surface area contributed by atoms with Crippen LogP contribution in [0.4, 0.5) is 11.4 Å². The molecule has 0 atom stereocenters. The summed E-state index contributed by atoms with van der Waals surface area (Å²) >= 11 is 14.9. The van der Waals surface area contributed by atoms with Gasteiger partial charge >= 0.3 is 0 Å². The van der Waals surface area contributed by atoms with Crippen LogP contribution in [0.25, 0.3) is 10.2 Å². The molecule has 0 spiro atoms. The number of hydrogen-bond donors (Lipinski definition) is 2. The zero-order chi connectivity index (χ0) is 24.2. The summed E-state index contributed by atoms with van der Waals surface area (Å²) in [5.74, 6) is 0.292. The molecule has 0 saturated carbocycles. The molecule has 9 heteroatoms. The first kappa shape index (κ1) is 24.5. The lowest BCUT2D eigenvalue weighted by Crippen LogP contribution is -2.13. The number of thioether (sulfide) groups is 1. The Labute approximate surface area is 215 Å². The Morgan fingerprint density at radius 3 is 2.41 bits per heavy atom. The molecule has 2 N–H and O–H groups in total. The van der Waals surface area contributed by atoms with Gasteiger partial charge < -0.3 is 10.6 Å². The number of fused-ring (bicyclic) bond motifs is 1. The van der Waals surface area contributed by atoms with Crippen LogP contribution in [0.3, 0.4) is 0 Å². The minimum atomic E-state index is -0.321. The lowest BCUT2D eigenvalue weighted by Gasteiger charge is -2.08. The molecule has 1 heterocycles. The second-order valence-electron chi connectivity index (χ2n) is 7.85. The predicted molar refractivity (Wildman–Crippen MR) is 144 cm³/mol. The molecule has 4 aromatic rings. The predicted octanol–water partition coefficient (Wildman–Crippen LogP) is 7.71. The van der Waals surface area contributed by atoms with Crippen molar-refractivity contribution in [2.75, 3.05) is 16.4 Å². The van der Waals surface area contributed by atoms with Crippen molar-refractivity contribution in [2.45, 2.75) is 24.1 Å². The Morgan fingerprint density at radius 2 is 1.71 bits per heavy atom. The molecule has 3 aromatic carbocycles. The van der Waals surface area contributed by atoms with Crippen molar-refractivity contribution in [3.63, 3.8) is 0 Å². The van der Waals surface area contributed by atoms with E-state index in [-0.39, 0.29) is 22.6 Å². The van der Waals surface area contributed by atoms with Crippen LogP contribution in [0, 0.1) is 0 Å². The molecular formula is C25H21Cl2N3O2S2. The number of aromatic nitrogens is 1. The Bertz CT molecular complexity index is 1350. The summed E-state index contributed by atoms with van der Waals surface area (Å²) < 4.78 is 1.69. The van der Waals surface area contributed by atoms with Crippen molar-refractivity contribution < 1.29 is 9.59 Å². The Morgan fingerprint density at radius 1 is 0.971 bits per heavy atom. The van der Waals surface area contributed by atoms with E-state index in [0.29, 0.717) is 22.2 Å². The number of thiazole rings is 1. The highest BCUT2D eigenvalue weighted by molar-refractivity contribution is 8.01. The van der Waals surface area contributed by atoms with E-state index in [1.807, 2.05) is 36.4 Å². The number of nitrogens with one attached hydrogen (secondary N) is 2. The molecule has 0 saturated heterocycles. The van der Waals surface area contributed by atoms with E-state index in [1.54, 1.807) is 18.2 Å². The molecule has 0 bridgehead atoms. The van der Waals surface area contributed by atoms with Crippen molar-refractivity contribution in [1.29, 1.82) is 0 Å². The maximum absolute atomic E-state index is 12.6. The molecule has 0 aliphatic carbocycles. The van der Waals surface area contributed by atoms with E-state index in [9.17, 15) is 9.59 Å². The highest BCUT2D eigenvalue weighted by Gasteiger charge is 2.13. The number of benzene rings is 3. The van der Waals surface area contributed by atoms with Crippen molar-refractivity contribution in [1.82, 2.24) is 4.98 Å². The molecule has 0 radical (unpaired) electrons. The van der Waals surface area contributed by atoms with Gasteiger partial charge in [-0.15, -0.1) is 11.3 Å². The molecule has 0 unspecified atom stereocenters. The van der Waals surface area contributed by atoms with Crippen LogP contribution in [0.2, 0.25) is 10.0 Å². The van der Waals surface area contributed by atoms with Gasteiger partial charge in [-0.25, -0.2) is 4.98 Å². The molecule has 1 aromatic heterocycles. The maximum Gasteiger partial charge on any atom is 0.257 e. The fraction of sp³-hybridized carbons (Fsp3) is 0.160. The van der Waals surface area contributed by atoms with Gasteiger partial charge in [0.15, 0.2) is 4.34 Å². The summed E-state index contributed by atoms with van der Waals surface area (Å²) in [5, 5.41) is 6.52. The summed E-state index contributed by atoms with van der Waals surface area (Å²) in [5.41, 5.74) is 3.79. The summed E-state index contributed by atoms with van der Waals surface area (Å²) in [7, 11) is 0. The number of nitrogens with zero attached hydrogens (tertiary/aromatic N) is 1. The average Bonchev–Trinajstić information content (AvgIpc) is 3.20. The van der Waals surface area contributed by atoms with Gasteiger partial charge in [-0.1, -0.05) is 60.9 Å². The first-order valence-corrected chi connectivity index (χ1v) is 13.0. The molecule has 0 aliphatic heterocycles. The van der Waals surface area contributed by atoms with E-state index in [2.05, 4.69) is 29.5 Å². The Hall–Kier alpha value is -2.58. The second-order valence-corrected chi connectivity index (χ2v) is 11.0. The lowest BCUT2D eigenvalue weighted by molar-refractivity contribution is -0.113. The largest absolute Gasteiger partial charge is 0.325 e. The molecule has 4 rings (SSSR count). The number of halogens is 2. The third-order valence-electron chi connectivity index (χ3n) is 4.99. The van der Waals surface area contributed by atoms with Crippen molar-refractivity contribution in [3.8, 4) is 0 Å². The number of hydrogen-bond acceptors (Lipinski definition) is 5. The fourth-order valence-corrected chi connectivity index (χ4v) is 5.59. The fourth-order valence-electron chi connectivity index (χ4n) is 3.19. The molecule has 0 fully saturated rings. The number of rotatable bonds is 7. The molecular weight excluding hydrogens is 509 g/mol. The van der Waals surface area contributed by atoms with E-state index >= 15 is 0 Å². The van der Waals surface area contributed by atoms with Gasteiger partial charge in [0.1, 0.15) is 0 Å². The van der Waals surface area contributed by atoms with Crippen LogP contribution in [-0.4, -0.2) is 22.6 Å². The zero-order valence-electron chi connectivity index (χ0n) is 18.4. The summed E-state index contributed by atoms with van der Waals surface area (Å²) in [6.45, 7) is 4.27. The maximum atomic E-state index is 12.6. The molecule has 5 nitrogen and oxygen atoms in total. The van der Waals surface area contributed by atoms with Crippen LogP contribution in [-0.2, 0) is 4.79 Å². The number of carbonyl (C=O) groups is 2. The van der Waals surface area contributed by atoms with Gasteiger partial charge in [0.2, 0.25) is 5.91 Å². The Balaban J connectivity index is 1.37. The molecule has 34 heavy (non-hydrogen) atoms. The van der Waals surface area contributed by atoms with Crippen molar-refractivity contribution in [2.24, 2.45) is 0 Å². The van der Waals surface area contributed by atoms with E-state index in [0.717, 1.165) is 20.2 Å². The smallest absolute Gasteiger partial charge is 0.257 e. The topological polar surface area (TPSA) is 71.1 Å². The Kier molecular flexibility index (Phi) is 7.78. The summed E-state index contributed by atoms with van der Waals surface area (Å²) in [4.78, 5) is 29.5. The van der Waals surface area contributed by atoms with Crippen molar-refractivity contribution >= 4 is 79.7 Å². The number of anilines is 2. The van der Waals surface area contributed by atoms with Gasteiger partial charge in [-0.05, 0) is 60.0 Å². The monoisotopic (exact) mass is 529 g/mol. The minimum absolute atomic E-state index is 0.0886. The van der Waals surface area contributed by atoms with Crippen LogP contribution in [0.1, 0.15) is 35.7 Å².